The van der Waals surface area contributed by atoms with Crippen LogP contribution in [-0.2, 0) is 6.54 Å². The molecule has 0 aromatic heterocycles. The zero-order chi connectivity index (χ0) is 13.8. The number of ketones is 1. The van der Waals surface area contributed by atoms with Crippen LogP contribution >= 0.6 is 0 Å². The van der Waals surface area contributed by atoms with Gasteiger partial charge in [0.1, 0.15) is 5.75 Å². The quantitative estimate of drug-likeness (QED) is 0.853. The van der Waals surface area contributed by atoms with Gasteiger partial charge in [0.25, 0.3) is 0 Å². The minimum atomic E-state index is -0.130. The van der Waals surface area contributed by atoms with Crippen molar-refractivity contribution in [1.82, 2.24) is 0 Å². The monoisotopic (exact) mass is 255 g/mol. The number of rotatable bonds is 4. The molecule has 0 atom stereocenters. The number of phenols is 1. The zero-order valence-electron chi connectivity index (χ0n) is 11.1. The third kappa shape index (κ3) is 3.13. The predicted molar refractivity (Wildman–Crippen MR) is 76.7 cm³/mol. The number of carbonyl (C=O) groups is 1. The van der Waals surface area contributed by atoms with Crippen molar-refractivity contribution in [3.63, 3.8) is 0 Å². The summed E-state index contributed by atoms with van der Waals surface area (Å²) in [6, 6.07) is 15.2. The molecule has 0 bridgehead atoms. The number of benzene rings is 2. The van der Waals surface area contributed by atoms with E-state index in [0.29, 0.717) is 5.56 Å². The molecular formula is C16H17NO2. The number of aromatic hydroxyl groups is 1. The normalized spacial score (nSPS) is 10.2. The zero-order valence-corrected chi connectivity index (χ0v) is 11.1. The van der Waals surface area contributed by atoms with Crippen LogP contribution in [0.2, 0.25) is 0 Å². The maximum absolute atomic E-state index is 11.3. The Morgan fingerprint density at radius 3 is 2.42 bits per heavy atom. The molecule has 19 heavy (non-hydrogen) atoms. The summed E-state index contributed by atoms with van der Waals surface area (Å²) < 4.78 is 0. The molecule has 1 N–H and O–H groups in total. The average Bonchev–Trinajstić information content (AvgIpc) is 2.39. The van der Waals surface area contributed by atoms with Crippen LogP contribution in [0.4, 0.5) is 5.69 Å². The Labute approximate surface area is 113 Å². The molecule has 98 valence electrons. The highest BCUT2D eigenvalue weighted by Gasteiger charge is 2.09. The number of Topliss-reactive ketones (excluding diaryl/α,β-unsaturated/α-hetero) is 1. The van der Waals surface area contributed by atoms with Gasteiger partial charge in [0.2, 0.25) is 0 Å². The maximum Gasteiger partial charge on any atom is 0.163 e. The molecule has 0 aliphatic rings. The third-order valence-electron chi connectivity index (χ3n) is 3.06. The lowest BCUT2D eigenvalue weighted by Crippen LogP contribution is -2.16. The minimum Gasteiger partial charge on any atom is -0.507 e. The lowest BCUT2D eigenvalue weighted by Gasteiger charge is -2.20. The van der Waals surface area contributed by atoms with E-state index in [9.17, 15) is 9.90 Å². The van der Waals surface area contributed by atoms with Crippen molar-refractivity contribution >= 4 is 11.5 Å². The van der Waals surface area contributed by atoms with E-state index in [2.05, 4.69) is 12.1 Å². The summed E-state index contributed by atoms with van der Waals surface area (Å²) in [5.41, 5.74) is 2.43. The van der Waals surface area contributed by atoms with Crippen molar-refractivity contribution in [1.29, 1.82) is 0 Å². The van der Waals surface area contributed by atoms with E-state index in [1.807, 2.05) is 36.2 Å². The fourth-order valence-electron chi connectivity index (χ4n) is 2.00. The van der Waals surface area contributed by atoms with Crippen molar-refractivity contribution < 1.29 is 9.90 Å². The van der Waals surface area contributed by atoms with Crippen LogP contribution in [0.5, 0.6) is 5.75 Å². The van der Waals surface area contributed by atoms with Crippen LogP contribution < -0.4 is 4.90 Å². The SMILES string of the molecule is CC(=O)c1ccc(N(C)Cc2ccccc2)cc1O. The Kier molecular flexibility index (Phi) is 3.85. The molecule has 0 spiro atoms. The summed E-state index contributed by atoms with van der Waals surface area (Å²) in [5, 5.41) is 9.83. The highest BCUT2D eigenvalue weighted by atomic mass is 16.3. The van der Waals surface area contributed by atoms with Crippen molar-refractivity contribution in [2.24, 2.45) is 0 Å². The number of anilines is 1. The van der Waals surface area contributed by atoms with E-state index in [1.54, 1.807) is 12.1 Å². The summed E-state index contributed by atoms with van der Waals surface area (Å²) >= 11 is 0. The number of carbonyl (C=O) groups excluding carboxylic acids is 1. The molecule has 0 aliphatic heterocycles. The van der Waals surface area contributed by atoms with E-state index < -0.39 is 0 Å². The standard InChI is InChI=1S/C16H17NO2/c1-12(18)15-9-8-14(10-16(15)19)17(2)11-13-6-4-3-5-7-13/h3-10,19H,11H2,1-2H3. The second kappa shape index (κ2) is 5.57. The van der Waals surface area contributed by atoms with Crippen LogP contribution in [-0.4, -0.2) is 17.9 Å². The molecule has 2 rings (SSSR count). The number of nitrogens with zero attached hydrogens (tertiary/aromatic N) is 1. The van der Waals surface area contributed by atoms with Gasteiger partial charge in [0.05, 0.1) is 5.56 Å². The third-order valence-corrected chi connectivity index (χ3v) is 3.06. The Bertz CT molecular complexity index is 579. The smallest absolute Gasteiger partial charge is 0.163 e. The molecule has 0 radical (unpaired) electrons. The molecule has 0 amide bonds. The molecule has 0 aliphatic carbocycles. The second-order valence-corrected chi connectivity index (χ2v) is 4.60. The van der Waals surface area contributed by atoms with Crippen molar-refractivity contribution in [2.75, 3.05) is 11.9 Å². The van der Waals surface area contributed by atoms with Crippen molar-refractivity contribution in [2.45, 2.75) is 13.5 Å². The summed E-state index contributed by atoms with van der Waals surface area (Å²) in [6.45, 7) is 2.20. The first kappa shape index (κ1) is 13.1. The highest BCUT2D eigenvalue weighted by Crippen LogP contribution is 2.25. The summed E-state index contributed by atoms with van der Waals surface area (Å²) in [4.78, 5) is 13.3. The number of hydrogen-bond acceptors (Lipinski definition) is 3. The van der Waals surface area contributed by atoms with Crippen LogP contribution in [0.15, 0.2) is 48.5 Å². The van der Waals surface area contributed by atoms with Gasteiger partial charge in [-0.15, -0.1) is 0 Å². The molecule has 0 saturated heterocycles. The first-order valence-electron chi connectivity index (χ1n) is 6.17. The first-order chi connectivity index (χ1) is 9.08. The topological polar surface area (TPSA) is 40.5 Å². The van der Waals surface area contributed by atoms with E-state index >= 15 is 0 Å². The van der Waals surface area contributed by atoms with Crippen LogP contribution in [0.1, 0.15) is 22.8 Å². The molecule has 2 aromatic carbocycles. The Morgan fingerprint density at radius 2 is 1.84 bits per heavy atom. The molecule has 3 heteroatoms. The van der Waals surface area contributed by atoms with E-state index in [0.717, 1.165) is 12.2 Å². The van der Waals surface area contributed by atoms with Crippen LogP contribution in [0, 0.1) is 0 Å². The molecular weight excluding hydrogens is 238 g/mol. The lowest BCUT2D eigenvalue weighted by molar-refractivity contribution is 0.101. The number of hydrogen-bond donors (Lipinski definition) is 1. The van der Waals surface area contributed by atoms with Gasteiger partial charge in [-0.2, -0.15) is 0 Å². The maximum atomic E-state index is 11.3. The molecule has 0 saturated carbocycles. The molecule has 3 nitrogen and oxygen atoms in total. The van der Waals surface area contributed by atoms with Crippen LogP contribution in [0.3, 0.4) is 0 Å². The highest BCUT2D eigenvalue weighted by molar-refractivity contribution is 5.97. The summed E-state index contributed by atoms with van der Waals surface area (Å²) in [7, 11) is 1.95. The minimum absolute atomic E-state index is 0.0323. The van der Waals surface area contributed by atoms with E-state index in [-0.39, 0.29) is 11.5 Å². The molecule has 0 heterocycles. The van der Waals surface area contributed by atoms with Gasteiger partial charge < -0.3 is 10.0 Å². The van der Waals surface area contributed by atoms with E-state index in [1.165, 1.54) is 12.5 Å². The van der Waals surface area contributed by atoms with Gasteiger partial charge >= 0.3 is 0 Å². The van der Waals surface area contributed by atoms with Gasteiger partial charge in [-0.05, 0) is 24.6 Å². The van der Waals surface area contributed by atoms with Gasteiger partial charge in [0.15, 0.2) is 5.78 Å². The summed E-state index contributed by atoms with van der Waals surface area (Å²) in [5.74, 6) is -0.0975. The lowest BCUT2D eigenvalue weighted by atomic mass is 10.1. The number of phenolic OH excluding ortho intramolecular Hbond substituents is 1. The van der Waals surface area contributed by atoms with Gasteiger partial charge in [0, 0.05) is 25.3 Å². The molecule has 0 fully saturated rings. The van der Waals surface area contributed by atoms with Crippen LogP contribution in [0.25, 0.3) is 0 Å². The fraction of sp³-hybridized carbons (Fsp3) is 0.188. The Morgan fingerprint density at radius 1 is 1.16 bits per heavy atom. The molecule has 2 aromatic rings. The van der Waals surface area contributed by atoms with Gasteiger partial charge in [-0.1, -0.05) is 30.3 Å². The fourth-order valence-corrected chi connectivity index (χ4v) is 2.00. The second-order valence-electron chi connectivity index (χ2n) is 4.60. The largest absolute Gasteiger partial charge is 0.507 e. The van der Waals surface area contributed by atoms with Crippen molar-refractivity contribution in [3.8, 4) is 5.75 Å². The van der Waals surface area contributed by atoms with Crippen molar-refractivity contribution in [3.05, 3.63) is 59.7 Å². The first-order valence-corrected chi connectivity index (χ1v) is 6.17. The summed E-state index contributed by atoms with van der Waals surface area (Å²) in [6.07, 6.45) is 0. The van der Waals surface area contributed by atoms with Gasteiger partial charge in [-0.25, -0.2) is 0 Å². The molecule has 0 unspecified atom stereocenters. The Hall–Kier alpha value is -2.29. The van der Waals surface area contributed by atoms with E-state index in [4.69, 9.17) is 0 Å². The Balaban J connectivity index is 2.18. The predicted octanol–water partition coefficient (Wildman–Crippen LogP) is 3.23. The van der Waals surface area contributed by atoms with Gasteiger partial charge in [-0.3, -0.25) is 4.79 Å². The average molecular weight is 255 g/mol.